The highest BCUT2D eigenvalue weighted by Crippen LogP contribution is 2.22. The van der Waals surface area contributed by atoms with E-state index in [1.807, 2.05) is 55.5 Å². The van der Waals surface area contributed by atoms with Crippen LogP contribution in [0.5, 0.6) is 0 Å². The van der Waals surface area contributed by atoms with E-state index in [0.29, 0.717) is 23.3 Å². The predicted molar refractivity (Wildman–Crippen MR) is 83.2 cm³/mol. The van der Waals surface area contributed by atoms with Gasteiger partial charge in [-0.15, -0.1) is 10.2 Å². The van der Waals surface area contributed by atoms with Gasteiger partial charge in [0.1, 0.15) is 0 Å². The summed E-state index contributed by atoms with van der Waals surface area (Å²) in [5, 5.41) is 12.0. The van der Waals surface area contributed by atoms with Crippen LogP contribution in [0, 0.1) is 6.92 Å². The molecule has 2 aromatic carbocycles. The number of rotatable bonds is 4. The van der Waals surface area contributed by atoms with Crippen LogP contribution in [0.3, 0.4) is 0 Å². The normalized spacial score (nSPS) is 10.6. The lowest BCUT2D eigenvalue weighted by Crippen LogP contribution is -1.99. The van der Waals surface area contributed by atoms with Gasteiger partial charge in [0.05, 0.1) is 6.54 Å². The van der Waals surface area contributed by atoms with Crippen molar-refractivity contribution in [3.8, 4) is 11.5 Å². The molecule has 0 aliphatic carbocycles. The second-order valence-electron chi connectivity index (χ2n) is 4.68. The van der Waals surface area contributed by atoms with Gasteiger partial charge >= 0.3 is 0 Å². The van der Waals surface area contributed by atoms with E-state index < -0.39 is 0 Å². The highest BCUT2D eigenvalue weighted by atomic mass is 35.5. The maximum atomic E-state index is 5.94. The van der Waals surface area contributed by atoms with Gasteiger partial charge in [0.25, 0.3) is 0 Å². The second-order valence-corrected chi connectivity index (χ2v) is 5.12. The summed E-state index contributed by atoms with van der Waals surface area (Å²) in [6.45, 7) is 2.47. The highest BCUT2D eigenvalue weighted by Gasteiger charge is 2.10. The largest absolute Gasteiger partial charge is 0.419 e. The summed E-state index contributed by atoms with van der Waals surface area (Å²) >= 11 is 5.94. The van der Waals surface area contributed by atoms with Crippen LogP contribution >= 0.6 is 11.6 Å². The zero-order valence-corrected chi connectivity index (χ0v) is 12.3. The third-order valence-electron chi connectivity index (χ3n) is 3.11. The first-order valence-corrected chi connectivity index (χ1v) is 6.98. The quantitative estimate of drug-likeness (QED) is 0.780. The maximum Gasteiger partial charge on any atom is 0.248 e. The maximum absolute atomic E-state index is 5.94. The molecule has 4 nitrogen and oxygen atoms in total. The summed E-state index contributed by atoms with van der Waals surface area (Å²) in [5.41, 5.74) is 2.98. The number of nitrogens with one attached hydrogen (secondary N) is 1. The molecule has 0 saturated carbocycles. The molecule has 0 bridgehead atoms. The van der Waals surface area contributed by atoms with Crippen LogP contribution in [0.15, 0.2) is 52.9 Å². The number of halogens is 1. The lowest BCUT2D eigenvalue weighted by Gasteiger charge is -2.03. The molecule has 106 valence electrons. The van der Waals surface area contributed by atoms with Crippen molar-refractivity contribution in [2.75, 3.05) is 5.32 Å². The number of nitrogens with zero attached hydrogens (tertiary/aromatic N) is 2. The SMILES string of the molecule is Cc1ccccc1-c1nnc(CNc2cccc(Cl)c2)o1. The van der Waals surface area contributed by atoms with Crippen molar-refractivity contribution in [1.82, 2.24) is 10.2 Å². The van der Waals surface area contributed by atoms with E-state index in [0.717, 1.165) is 16.8 Å². The topological polar surface area (TPSA) is 51.0 Å². The van der Waals surface area contributed by atoms with Gasteiger partial charge in [0.2, 0.25) is 11.8 Å². The lowest BCUT2D eigenvalue weighted by molar-refractivity contribution is 0.514. The number of aryl methyl sites for hydroxylation is 1. The molecule has 0 fully saturated rings. The van der Waals surface area contributed by atoms with Gasteiger partial charge in [-0.25, -0.2) is 0 Å². The van der Waals surface area contributed by atoms with Crippen molar-refractivity contribution < 1.29 is 4.42 Å². The Hall–Kier alpha value is -2.33. The van der Waals surface area contributed by atoms with Crippen molar-refractivity contribution in [2.45, 2.75) is 13.5 Å². The Morgan fingerprint density at radius 1 is 1.10 bits per heavy atom. The first-order chi connectivity index (χ1) is 10.2. The fraction of sp³-hybridized carbons (Fsp3) is 0.125. The Bertz CT molecular complexity index is 755. The van der Waals surface area contributed by atoms with Crippen molar-refractivity contribution in [2.24, 2.45) is 0 Å². The monoisotopic (exact) mass is 299 g/mol. The minimum absolute atomic E-state index is 0.458. The van der Waals surface area contributed by atoms with Gasteiger partial charge in [-0.1, -0.05) is 35.9 Å². The van der Waals surface area contributed by atoms with Crippen LogP contribution in [0.1, 0.15) is 11.5 Å². The summed E-state index contributed by atoms with van der Waals surface area (Å²) in [7, 11) is 0. The first kappa shape index (κ1) is 13.6. The fourth-order valence-corrected chi connectivity index (χ4v) is 2.21. The van der Waals surface area contributed by atoms with E-state index in [2.05, 4.69) is 15.5 Å². The van der Waals surface area contributed by atoms with Crippen molar-refractivity contribution in [1.29, 1.82) is 0 Å². The molecule has 1 heterocycles. The third-order valence-corrected chi connectivity index (χ3v) is 3.35. The van der Waals surface area contributed by atoms with Gasteiger partial charge in [0.15, 0.2) is 0 Å². The van der Waals surface area contributed by atoms with Crippen LogP contribution in [0.25, 0.3) is 11.5 Å². The minimum atomic E-state index is 0.458. The van der Waals surface area contributed by atoms with Gasteiger partial charge < -0.3 is 9.73 Å². The number of hydrogen-bond acceptors (Lipinski definition) is 4. The smallest absolute Gasteiger partial charge is 0.248 e. The molecule has 0 spiro atoms. The summed E-state index contributed by atoms with van der Waals surface area (Å²) in [6.07, 6.45) is 0. The summed E-state index contributed by atoms with van der Waals surface area (Å²) in [4.78, 5) is 0. The van der Waals surface area contributed by atoms with Crippen LogP contribution < -0.4 is 5.32 Å². The molecule has 1 aromatic heterocycles. The average molecular weight is 300 g/mol. The number of benzene rings is 2. The molecular weight excluding hydrogens is 286 g/mol. The number of hydrogen-bond donors (Lipinski definition) is 1. The van der Waals surface area contributed by atoms with E-state index in [4.69, 9.17) is 16.0 Å². The summed E-state index contributed by atoms with van der Waals surface area (Å²) in [6, 6.07) is 15.4. The first-order valence-electron chi connectivity index (χ1n) is 6.60. The van der Waals surface area contributed by atoms with Gasteiger partial charge in [0, 0.05) is 16.3 Å². The molecule has 0 unspecified atom stereocenters. The molecule has 0 atom stereocenters. The van der Waals surface area contributed by atoms with E-state index >= 15 is 0 Å². The highest BCUT2D eigenvalue weighted by molar-refractivity contribution is 6.30. The van der Waals surface area contributed by atoms with E-state index in [1.165, 1.54) is 0 Å². The molecule has 0 aliphatic heterocycles. The van der Waals surface area contributed by atoms with Crippen LogP contribution in [-0.2, 0) is 6.54 Å². The molecular formula is C16H14ClN3O. The molecule has 21 heavy (non-hydrogen) atoms. The van der Waals surface area contributed by atoms with Crippen LogP contribution in [-0.4, -0.2) is 10.2 Å². The van der Waals surface area contributed by atoms with Crippen LogP contribution in [0.4, 0.5) is 5.69 Å². The molecule has 3 rings (SSSR count). The molecule has 5 heteroatoms. The molecule has 0 amide bonds. The molecule has 0 radical (unpaired) electrons. The van der Waals surface area contributed by atoms with Gasteiger partial charge in [-0.05, 0) is 36.8 Å². The Morgan fingerprint density at radius 3 is 2.76 bits per heavy atom. The van der Waals surface area contributed by atoms with Crippen LogP contribution in [0.2, 0.25) is 5.02 Å². The molecule has 0 saturated heterocycles. The van der Waals surface area contributed by atoms with Gasteiger partial charge in [-0.2, -0.15) is 0 Å². The third kappa shape index (κ3) is 3.23. The molecule has 1 N–H and O–H groups in total. The molecule has 3 aromatic rings. The van der Waals surface area contributed by atoms with Crippen molar-refractivity contribution in [3.05, 3.63) is 65.0 Å². The van der Waals surface area contributed by atoms with Gasteiger partial charge in [-0.3, -0.25) is 0 Å². The van der Waals surface area contributed by atoms with Crippen molar-refractivity contribution >= 4 is 17.3 Å². The van der Waals surface area contributed by atoms with E-state index in [-0.39, 0.29) is 0 Å². The predicted octanol–water partition coefficient (Wildman–Crippen LogP) is 4.31. The van der Waals surface area contributed by atoms with E-state index in [1.54, 1.807) is 0 Å². The average Bonchev–Trinajstić information content (AvgIpc) is 2.94. The Balaban J connectivity index is 1.72. The zero-order valence-electron chi connectivity index (χ0n) is 11.5. The molecule has 0 aliphatic rings. The number of anilines is 1. The summed E-state index contributed by atoms with van der Waals surface area (Å²) in [5.74, 6) is 1.07. The fourth-order valence-electron chi connectivity index (χ4n) is 2.02. The second kappa shape index (κ2) is 5.97. The standard InChI is InChI=1S/C16H14ClN3O/c1-11-5-2-3-8-14(11)16-20-19-15(21-16)10-18-13-7-4-6-12(17)9-13/h2-9,18H,10H2,1H3. The Morgan fingerprint density at radius 2 is 1.95 bits per heavy atom. The van der Waals surface area contributed by atoms with E-state index in [9.17, 15) is 0 Å². The Kier molecular flexibility index (Phi) is 3.88. The lowest BCUT2D eigenvalue weighted by atomic mass is 10.1. The Labute approximate surface area is 127 Å². The summed E-state index contributed by atoms with van der Waals surface area (Å²) < 4.78 is 5.68. The minimum Gasteiger partial charge on any atom is -0.419 e. The number of aromatic nitrogens is 2. The van der Waals surface area contributed by atoms with Crippen molar-refractivity contribution in [3.63, 3.8) is 0 Å². The zero-order chi connectivity index (χ0) is 14.7.